The molecule has 20 heavy (non-hydrogen) atoms. The molecule has 2 atom stereocenters. The summed E-state index contributed by atoms with van der Waals surface area (Å²) in [4.78, 5) is 14.0. The molecular formula is C16H28N2O2. The fraction of sp³-hybridized carbons (Fsp3) is 0.938. The molecule has 2 unspecified atom stereocenters. The maximum atomic E-state index is 12.1. The van der Waals surface area contributed by atoms with E-state index in [1.165, 1.54) is 38.8 Å². The summed E-state index contributed by atoms with van der Waals surface area (Å²) >= 11 is 0. The normalized spacial score (nSPS) is 32.5. The maximum absolute atomic E-state index is 12.1. The molecule has 0 radical (unpaired) electrons. The van der Waals surface area contributed by atoms with Gasteiger partial charge in [-0.2, -0.15) is 0 Å². The number of carbonyl (C=O) groups excluding carboxylic acids is 1. The van der Waals surface area contributed by atoms with Crippen molar-refractivity contribution in [1.29, 1.82) is 0 Å². The van der Waals surface area contributed by atoms with Crippen LogP contribution in [0.4, 0.5) is 4.79 Å². The Morgan fingerprint density at radius 2 is 2.00 bits per heavy atom. The first kappa shape index (κ1) is 14.2. The van der Waals surface area contributed by atoms with Crippen molar-refractivity contribution in [2.24, 2.45) is 17.3 Å². The van der Waals surface area contributed by atoms with Gasteiger partial charge < -0.3 is 15.0 Å². The molecule has 3 aliphatic rings. The number of amides is 1. The second-order valence-corrected chi connectivity index (χ2v) is 7.90. The van der Waals surface area contributed by atoms with Crippen molar-refractivity contribution >= 4 is 6.09 Å². The zero-order valence-corrected chi connectivity index (χ0v) is 13.1. The number of ether oxygens (including phenoxy) is 1. The molecule has 2 saturated heterocycles. The predicted octanol–water partition coefficient (Wildman–Crippen LogP) is 2.63. The molecule has 4 nitrogen and oxygen atoms in total. The molecule has 1 saturated carbocycles. The third-order valence-electron chi connectivity index (χ3n) is 5.30. The van der Waals surface area contributed by atoms with Gasteiger partial charge in [0.15, 0.2) is 0 Å². The highest BCUT2D eigenvalue weighted by Gasteiger charge is 2.57. The predicted molar refractivity (Wildman–Crippen MR) is 78.6 cm³/mol. The summed E-state index contributed by atoms with van der Waals surface area (Å²) in [5.74, 6) is 1.57. The summed E-state index contributed by atoms with van der Waals surface area (Å²) in [6, 6.07) is 0. The number of likely N-dealkylation sites (tertiary alicyclic amines) is 1. The lowest BCUT2D eigenvalue weighted by Crippen LogP contribution is -2.35. The van der Waals surface area contributed by atoms with Gasteiger partial charge in [0.2, 0.25) is 0 Å². The molecule has 3 fully saturated rings. The average molecular weight is 280 g/mol. The minimum absolute atomic E-state index is 0.125. The molecule has 0 aromatic heterocycles. The first-order chi connectivity index (χ1) is 9.40. The Labute approximate surface area is 122 Å². The van der Waals surface area contributed by atoms with E-state index < -0.39 is 0 Å². The quantitative estimate of drug-likeness (QED) is 0.803. The van der Waals surface area contributed by atoms with E-state index in [1.54, 1.807) is 0 Å². The van der Waals surface area contributed by atoms with Crippen LogP contribution in [0.5, 0.6) is 0 Å². The van der Waals surface area contributed by atoms with Gasteiger partial charge in [-0.05, 0) is 76.8 Å². The lowest BCUT2D eigenvalue weighted by molar-refractivity contribution is 0.0285. The minimum atomic E-state index is -0.384. The van der Waals surface area contributed by atoms with E-state index in [-0.39, 0.29) is 11.7 Å². The van der Waals surface area contributed by atoms with Crippen molar-refractivity contribution in [3.63, 3.8) is 0 Å². The van der Waals surface area contributed by atoms with Gasteiger partial charge >= 0.3 is 6.09 Å². The molecule has 1 aliphatic carbocycles. The van der Waals surface area contributed by atoms with E-state index >= 15 is 0 Å². The van der Waals surface area contributed by atoms with E-state index in [1.807, 2.05) is 25.7 Å². The van der Waals surface area contributed by atoms with Crippen LogP contribution in [-0.4, -0.2) is 42.8 Å². The van der Waals surface area contributed by atoms with Crippen molar-refractivity contribution in [1.82, 2.24) is 10.2 Å². The number of nitrogens with zero attached hydrogens (tertiary/aromatic N) is 1. The highest BCUT2D eigenvalue weighted by molar-refractivity contribution is 5.68. The summed E-state index contributed by atoms with van der Waals surface area (Å²) in [7, 11) is 0. The zero-order valence-electron chi connectivity index (χ0n) is 13.1. The largest absolute Gasteiger partial charge is 0.444 e. The number of carbonyl (C=O) groups is 1. The number of piperidine rings is 1. The molecule has 1 spiro atoms. The van der Waals surface area contributed by atoms with Crippen LogP contribution in [0, 0.1) is 17.3 Å². The second-order valence-electron chi connectivity index (χ2n) is 7.90. The van der Waals surface area contributed by atoms with E-state index in [0.717, 1.165) is 19.0 Å². The number of hydrogen-bond donors (Lipinski definition) is 1. The molecule has 1 N–H and O–H groups in total. The van der Waals surface area contributed by atoms with Gasteiger partial charge in [-0.15, -0.1) is 0 Å². The first-order valence-electron chi connectivity index (χ1n) is 8.08. The second kappa shape index (κ2) is 4.90. The highest BCUT2D eigenvalue weighted by atomic mass is 16.6. The summed E-state index contributed by atoms with van der Waals surface area (Å²) in [6.45, 7) is 9.95. The highest BCUT2D eigenvalue weighted by Crippen LogP contribution is 2.63. The van der Waals surface area contributed by atoms with Crippen LogP contribution in [0.1, 0.15) is 46.5 Å². The molecule has 4 heteroatoms. The third kappa shape index (κ3) is 2.80. The maximum Gasteiger partial charge on any atom is 0.410 e. The summed E-state index contributed by atoms with van der Waals surface area (Å²) in [5.41, 5.74) is 0.241. The smallest absolute Gasteiger partial charge is 0.410 e. The zero-order chi connectivity index (χ0) is 14.4. The Morgan fingerprint density at radius 3 is 2.65 bits per heavy atom. The Morgan fingerprint density at radius 1 is 1.30 bits per heavy atom. The van der Waals surface area contributed by atoms with Crippen LogP contribution < -0.4 is 5.32 Å². The van der Waals surface area contributed by atoms with Crippen molar-refractivity contribution in [2.75, 3.05) is 26.2 Å². The van der Waals surface area contributed by atoms with Gasteiger partial charge in [-0.1, -0.05) is 0 Å². The number of hydrogen-bond acceptors (Lipinski definition) is 3. The molecule has 2 aliphatic heterocycles. The van der Waals surface area contributed by atoms with Crippen LogP contribution in [0.15, 0.2) is 0 Å². The molecule has 3 rings (SSSR count). The first-order valence-corrected chi connectivity index (χ1v) is 8.08. The molecule has 2 heterocycles. The van der Waals surface area contributed by atoms with Gasteiger partial charge in [-0.3, -0.25) is 0 Å². The minimum Gasteiger partial charge on any atom is -0.444 e. The Bertz CT molecular complexity index is 382. The third-order valence-corrected chi connectivity index (χ3v) is 5.30. The van der Waals surface area contributed by atoms with E-state index in [2.05, 4.69) is 5.32 Å². The van der Waals surface area contributed by atoms with Gasteiger partial charge in [0, 0.05) is 13.1 Å². The van der Waals surface area contributed by atoms with E-state index in [9.17, 15) is 4.79 Å². The van der Waals surface area contributed by atoms with Gasteiger partial charge in [0.05, 0.1) is 0 Å². The molecule has 0 aromatic carbocycles. The van der Waals surface area contributed by atoms with Crippen LogP contribution >= 0.6 is 0 Å². The van der Waals surface area contributed by atoms with Gasteiger partial charge in [-0.25, -0.2) is 4.79 Å². The summed E-state index contributed by atoms with van der Waals surface area (Å²) in [6.07, 6.45) is 5.10. The lowest BCUT2D eigenvalue weighted by atomic mass is 9.87. The van der Waals surface area contributed by atoms with Crippen molar-refractivity contribution in [2.45, 2.75) is 52.1 Å². The van der Waals surface area contributed by atoms with Crippen molar-refractivity contribution < 1.29 is 9.53 Å². The fourth-order valence-corrected chi connectivity index (χ4v) is 4.15. The average Bonchev–Trinajstić information content (AvgIpc) is 2.86. The van der Waals surface area contributed by atoms with Crippen LogP contribution in [-0.2, 0) is 4.74 Å². The van der Waals surface area contributed by atoms with Crippen LogP contribution in [0.25, 0.3) is 0 Å². The van der Waals surface area contributed by atoms with Gasteiger partial charge in [0.1, 0.15) is 5.60 Å². The van der Waals surface area contributed by atoms with Crippen LogP contribution in [0.3, 0.4) is 0 Å². The monoisotopic (exact) mass is 280 g/mol. The number of nitrogens with one attached hydrogen (secondary N) is 1. The van der Waals surface area contributed by atoms with Gasteiger partial charge in [0.25, 0.3) is 0 Å². The standard InChI is InChI=1S/C16H28N2O2/c1-15(2,3)20-14(19)18-9-4-12(11-18)13-10-16(13)5-7-17-8-6-16/h12-13,17H,4-11H2,1-3H3. The molecule has 0 bridgehead atoms. The van der Waals surface area contributed by atoms with Crippen molar-refractivity contribution in [3.05, 3.63) is 0 Å². The number of rotatable bonds is 1. The Kier molecular flexibility index (Phi) is 3.47. The topological polar surface area (TPSA) is 41.6 Å². The van der Waals surface area contributed by atoms with Crippen molar-refractivity contribution in [3.8, 4) is 0 Å². The SMILES string of the molecule is CC(C)(C)OC(=O)N1CCC(C2CC23CCNCC3)C1. The summed E-state index contributed by atoms with van der Waals surface area (Å²) in [5, 5.41) is 3.46. The molecule has 114 valence electrons. The fourth-order valence-electron chi connectivity index (χ4n) is 4.15. The molecular weight excluding hydrogens is 252 g/mol. The van der Waals surface area contributed by atoms with Crippen LogP contribution in [0.2, 0.25) is 0 Å². The molecule has 1 amide bonds. The lowest BCUT2D eigenvalue weighted by Gasteiger charge is -2.26. The molecule has 0 aromatic rings. The van der Waals surface area contributed by atoms with E-state index in [4.69, 9.17) is 4.74 Å². The Hall–Kier alpha value is -0.770. The summed E-state index contributed by atoms with van der Waals surface area (Å²) < 4.78 is 5.48. The Balaban J connectivity index is 1.52. The van der Waals surface area contributed by atoms with E-state index in [0.29, 0.717) is 11.3 Å².